The Morgan fingerprint density at radius 1 is 1.14 bits per heavy atom. The van der Waals surface area contributed by atoms with Crippen LogP contribution in [0.5, 0.6) is 0 Å². The van der Waals surface area contributed by atoms with Crippen LogP contribution in [0.4, 0.5) is 4.39 Å². The van der Waals surface area contributed by atoms with E-state index in [1.807, 2.05) is 20.8 Å². The molecule has 1 aliphatic rings. The average molecular weight is 391 g/mol. The third kappa shape index (κ3) is 5.78. The van der Waals surface area contributed by atoms with Gasteiger partial charge in [-0.1, -0.05) is 20.8 Å². The van der Waals surface area contributed by atoms with Crippen molar-refractivity contribution in [2.24, 2.45) is 11.8 Å². The van der Waals surface area contributed by atoms with Gasteiger partial charge in [0.2, 0.25) is 11.8 Å². The molecule has 0 aromatic heterocycles. The van der Waals surface area contributed by atoms with Crippen LogP contribution in [0.1, 0.15) is 50.4 Å². The molecular weight excluding hydrogens is 361 g/mol. The Morgan fingerprint density at radius 2 is 1.75 bits per heavy atom. The van der Waals surface area contributed by atoms with Crippen molar-refractivity contribution in [3.8, 4) is 0 Å². The normalized spacial score (nSPS) is 16.0. The van der Waals surface area contributed by atoms with Crippen molar-refractivity contribution in [2.45, 2.75) is 46.1 Å². The highest BCUT2D eigenvalue weighted by molar-refractivity contribution is 5.97. The average Bonchev–Trinajstić information content (AvgIpc) is 2.70. The first-order valence-corrected chi connectivity index (χ1v) is 9.96. The van der Waals surface area contributed by atoms with E-state index in [-0.39, 0.29) is 23.7 Å². The lowest BCUT2D eigenvalue weighted by Crippen LogP contribution is -2.53. The van der Waals surface area contributed by atoms with Crippen LogP contribution in [-0.2, 0) is 9.59 Å². The third-order valence-electron chi connectivity index (χ3n) is 5.05. The summed E-state index contributed by atoms with van der Waals surface area (Å²) in [6.07, 6.45) is 2.14. The van der Waals surface area contributed by atoms with Crippen LogP contribution in [0.2, 0.25) is 0 Å². The number of piperidine rings is 1. The molecule has 6 nitrogen and oxygen atoms in total. The second-order valence-corrected chi connectivity index (χ2v) is 7.59. The van der Waals surface area contributed by atoms with Gasteiger partial charge < -0.3 is 15.5 Å². The molecular formula is C21H30FN3O3. The number of nitrogens with one attached hydrogen (secondary N) is 2. The minimum atomic E-state index is -0.664. The van der Waals surface area contributed by atoms with Crippen molar-refractivity contribution in [1.82, 2.24) is 15.5 Å². The summed E-state index contributed by atoms with van der Waals surface area (Å²) in [5.74, 6) is -1.07. The van der Waals surface area contributed by atoms with E-state index in [4.69, 9.17) is 0 Å². The van der Waals surface area contributed by atoms with Gasteiger partial charge in [-0.25, -0.2) is 4.39 Å². The Morgan fingerprint density at radius 3 is 2.29 bits per heavy atom. The molecule has 154 valence electrons. The van der Waals surface area contributed by atoms with Crippen molar-refractivity contribution in [3.63, 3.8) is 0 Å². The Labute approximate surface area is 165 Å². The zero-order valence-corrected chi connectivity index (χ0v) is 16.8. The van der Waals surface area contributed by atoms with Crippen LogP contribution in [0.15, 0.2) is 24.3 Å². The first-order valence-electron chi connectivity index (χ1n) is 9.96. The Balaban J connectivity index is 1.95. The number of hydrogen-bond acceptors (Lipinski definition) is 3. The van der Waals surface area contributed by atoms with Gasteiger partial charge in [-0.3, -0.25) is 14.4 Å². The predicted octanol–water partition coefficient (Wildman–Crippen LogP) is 2.34. The van der Waals surface area contributed by atoms with E-state index in [1.54, 1.807) is 4.90 Å². The molecule has 3 amide bonds. The zero-order valence-electron chi connectivity index (χ0n) is 16.8. The number of carbonyl (C=O) groups excluding carboxylic acids is 3. The molecule has 1 unspecified atom stereocenters. The molecule has 1 aliphatic heterocycles. The quantitative estimate of drug-likeness (QED) is 0.749. The van der Waals surface area contributed by atoms with Crippen LogP contribution < -0.4 is 10.6 Å². The first kappa shape index (κ1) is 21.9. The number of halogens is 1. The van der Waals surface area contributed by atoms with E-state index in [0.29, 0.717) is 38.0 Å². The van der Waals surface area contributed by atoms with Crippen molar-refractivity contribution < 1.29 is 18.8 Å². The monoisotopic (exact) mass is 391 g/mol. The van der Waals surface area contributed by atoms with E-state index in [0.717, 1.165) is 6.42 Å². The zero-order chi connectivity index (χ0) is 20.7. The van der Waals surface area contributed by atoms with E-state index >= 15 is 0 Å². The van der Waals surface area contributed by atoms with Crippen LogP contribution in [0, 0.1) is 17.7 Å². The highest BCUT2D eigenvalue weighted by Gasteiger charge is 2.33. The molecule has 0 radical (unpaired) electrons. The maximum atomic E-state index is 13.0. The van der Waals surface area contributed by atoms with Gasteiger partial charge in [-0.15, -0.1) is 0 Å². The molecule has 0 saturated carbocycles. The molecule has 0 bridgehead atoms. The third-order valence-corrected chi connectivity index (χ3v) is 5.05. The molecule has 1 aromatic carbocycles. The molecule has 1 aromatic rings. The minimum absolute atomic E-state index is 0.0546. The second kappa shape index (κ2) is 10.2. The first-order chi connectivity index (χ1) is 13.3. The fourth-order valence-electron chi connectivity index (χ4n) is 3.29. The number of hydrogen-bond donors (Lipinski definition) is 2. The van der Waals surface area contributed by atoms with E-state index in [2.05, 4.69) is 10.6 Å². The molecule has 1 atom stereocenters. The Hall–Kier alpha value is -2.44. The fraction of sp³-hybridized carbons (Fsp3) is 0.571. The lowest BCUT2D eigenvalue weighted by molar-refractivity contribution is -0.138. The van der Waals surface area contributed by atoms with Crippen molar-refractivity contribution in [3.05, 3.63) is 35.6 Å². The maximum absolute atomic E-state index is 13.0. The van der Waals surface area contributed by atoms with Crippen LogP contribution in [0.3, 0.4) is 0 Å². The van der Waals surface area contributed by atoms with Crippen LogP contribution in [-0.4, -0.2) is 48.3 Å². The van der Waals surface area contributed by atoms with Gasteiger partial charge in [-0.2, -0.15) is 0 Å². The van der Waals surface area contributed by atoms with E-state index in [1.165, 1.54) is 24.3 Å². The molecule has 1 saturated heterocycles. The van der Waals surface area contributed by atoms with Gasteiger partial charge in [-0.05, 0) is 49.4 Å². The Bertz CT molecular complexity index is 683. The summed E-state index contributed by atoms with van der Waals surface area (Å²) in [5.41, 5.74) is 0.311. The summed E-state index contributed by atoms with van der Waals surface area (Å²) in [5, 5.41) is 5.69. The number of amides is 3. The number of rotatable bonds is 7. The van der Waals surface area contributed by atoms with Gasteiger partial charge >= 0.3 is 0 Å². The summed E-state index contributed by atoms with van der Waals surface area (Å²) in [4.78, 5) is 39.2. The lowest BCUT2D eigenvalue weighted by atomic mass is 9.94. The fourth-order valence-corrected chi connectivity index (χ4v) is 3.29. The van der Waals surface area contributed by atoms with Crippen molar-refractivity contribution in [2.75, 3.05) is 19.6 Å². The van der Waals surface area contributed by atoms with Gasteiger partial charge in [0.1, 0.15) is 11.9 Å². The predicted molar refractivity (Wildman–Crippen MR) is 105 cm³/mol. The molecule has 1 fully saturated rings. The summed E-state index contributed by atoms with van der Waals surface area (Å²) in [6, 6.07) is 4.56. The summed E-state index contributed by atoms with van der Waals surface area (Å²) in [7, 11) is 0. The van der Waals surface area contributed by atoms with Crippen molar-refractivity contribution in [1.29, 1.82) is 0 Å². The standard InChI is InChI=1S/C21H30FN3O3/c1-4-11-23-19(26)16-9-12-25(13-10-16)21(28)18(14(2)3)24-20(27)15-5-7-17(22)8-6-15/h5-8,14,16,18H,4,9-13H2,1-3H3,(H,23,26)(H,24,27). The highest BCUT2D eigenvalue weighted by atomic mass is 19.1. The molecule has 0 aliphatic carbocycles. The SMILES string of the molecule is CCCNC(=O)C1CCN(C(=O)C(NC(=O)c2ccc(F)cc2)C(C)C)CC1. The molecule has 1 heterocycles. The largest absolute Gasteiger partial charge is 0.356 e. The minimum Gasteiger partial charge on any atom is -0.356 e. The van der Waals surface area contributed by atoms with Gasteiger partial charge in [0, 0.05) is 31.1 Å². The summed E-state index contributed by atoms with van der Waals surface area (Å²) < 4.78 is 13.0. The second-order valence-electron chi connectivity index (χ2n) is 7.59. The van der Waals surface area contributed by atoms with E-state index in [9.17, 15) is 18.8 Å². The van der Waals surface area contributed by atoms with Crippen molar-refractivity contribution >= 4 is 17.7 Å². The number of carbonyl (C=O) groups is 3. The lowest BCUT2D eigenvalue weighted by Gasteiger charge is -2.35. The van der Waals surface area contributed by atoms with Crippen LogP contribution in [0.25, 0.3) is 0 Å². The van der Waals surface area contributed by atoms with Crippen LogP contribution >= 0.6 is 0 Å². The van der Waals surface area contributed by atoms with E-state index < -0.39 is 17.8 Å². The molecule has 0 spiro atoms. The maximum Gasteiger partial charge on any atom is 0.251 e. The summed E-state index contributed by atoms with van der Waals surface area (Å²) >= 11 is 0. The molecule has 7 heteroatoms. The van der Waals surface area contributed by atoms with Gasteiger partial charge in [0.25, 0.3) is 5.91 Å². The smallest absolute Gasteiger partial charge is 0.251 e. The molecule has 2 N–H and O–H groups in total. The highest BCUT2D eigenvalue weighted by Crippen LogP contribution is 2.19. The topological polar surface area (TPSA) is 78.5 Å². The van der Waals surface area contributed by atoms with Gasteiger partial charge in [0.05, 0.1) is 0 Å². The molecule has 2 rings (SSSR count). The Kier molecular flexibility index (Phi) is 7.96. The number of likely N-dealkylation sites (tertiary alicyclic amines) is 1. The number of nitrogens with zero attached hydrogens (tertiary/aromatic N) is 1. The molecule has 28 heavy (non-hydrogen) atoms. The van der Waals surface area contributed by atoms with Gasteiger partial charge in [0.15, 0.2) is 0 Å². The number of benzene rings is 1. The summed E-state index contributed by atoms with van der Waals surface area (Å²) in [6.45, 7) is 7.42.